The van der Waals surface area contributed by atoms with Gasteiger partial charge in [0.1, 0.15) is 5.58 Å². The monoisotopic (exact) mass is 537 g/mol. The molecule has 0 amide bonds. The van der Waals surface area contributed by atoms with Gasteiger partial charge in [-0.25, -0.2) is 0 Å². The van der Waals surface area contributed by atoms with Crippen molar-refractivity contribution in [2.24, 2.45) is 0 Å². The number of rotatable bonds is 5. The van der Waals surface area contributed by atoms with Gasteiger partial charge in [-0.3, -0.25) is 0 Å². The molecule has 0 bridgehead atoms. The van der Waals surface area contributed by atoms with Gasteiger partial charge in [-0.2, -0.15) is 0 Å². The minimum absolute atomic E-state index is 0.881. The number of para-hydroxylation sites is 2. The quantitative estimate of drug-likeness (QED) is 0.217. The number of fused-ring (bicyclic) bond motifs is 5. The van der Waals surface area contributed by atoms with E-state index >= 15 is 0 Å². The third-order valence-electron chi connectivity index (χ3n) is 8.07. The van der Waals surface area contributed by atoms with Gasteiger partial charge in [0.25, 0.3) is 0 Å². The Bertz CT molecular complexity index is 2180. The Balaban J connectivity index is 1.29. The molecule has 0 aliphatic heterocycles. The first-order valence-electron chi connectivity index (χ1n) is 14.3. The van der Waals surface area contributed by atoms with E-state index in [2.05, 4.69) is 169 Å². The Kier molecular flexibility index (Phi) is 5.82. The molecule has 2 nitrogen and oxygen atoms in total. The topological polar surface area (TPSA) is 16.4 Å². The lowest BCUT2D eigenvalue weighted by Gasteiger charge is -2.25. The molecule has 0 saturated carbocycles. The lowest BCUT2D eigenvalue weighted by Crippen LogP contribution is -2.10. The van der Waals surface area contributed by atoms with Crippen LogP contribution in [0.1, 0.15) is 0 Å². The molecular formula is C40H27NO. The maximum atomic E-state index is 6.63. The summed E-state index contributed by atoms with van der Waals surface area (Å²) in [6.07, 6.45) is 0. The summed E-state index contributed by atoms with van der Waals surface area (Å²) < 4.78 is 6.63. The van der Waals surface area contributed by atoms with Crippen LogP contribution < -0.4 is 4.90 Å². The van der Waals surface area contributed by atoms with E-state index in [0.717, 1.165) is 39.0 Å². The van der Waals surface area contributed by atoms with Gasteiger partial charge in [0, 0.05) is 22.1 Å². The summed E-state index contributed by atoms with van der Waals surface area (Å²) in [5.41, 5.74) is 9.77. The SMILES string of the molecule is c1ccc(-c2ccccc2-c2ccc(N(c3ccccc3)c3cccc4c3oc3ccc5ccccc5c34)cc2)cc1. The van der Waals surface area contributed by atoms with Crippen LogP contribution in [0.4, 0.5) is 17.1 Å². The van der Waals surface area contributed by atoms with Gasteiger partial charge in [-0.05, 0) is 69.4 Å². The van der Waals surface area contributed by atoms with E-state index in [4.69, 9.17) is 4.42 Å². The molecule has 0 aliphatic rings. The van der Waals surface area contributed by atoms with Gasteiger partial charge in [0.15, 0.2) is 5.58 Å². The highest BCUT2D eigenvalue weighted by molar-refractivity contribution is 6.20. The van der Waals surface area contributed by atoms with E-state index in [1.807, 2.05) is 0 Å². The van der Waals surface area contributed by atoms with Crippen molar-refractivity contribution in [2.75, 3.05) is 4.90 Å². The van der Waals surface area contributed by atoms with E-state index in [0.29, 0.717) is 0 Å². The van der Waals surface area contributed by atoms with Gasteiger partial charge < -0.3 is 9.32 Å². The molecule has 0 radical (unpaired) electrons. The first kappa shape index (κ1) is 24.2. The van der Waals surface area contributed by atoms with Gasteiger partial charge in [-0.15, -0.1) is 0 Å². The highest BCUT2D eigenvalue weighted by Gasteiger charge is 2.20. The maximum absolute atomic E-state index is 6.63. The molecular weight excluding hydrogens is 510 g/mol. The Hall–Kier alpha value is -5.60. The van der Waals surface area contributed by atoms with Gasteiger partial charge in [0.05, 0.1) is 5.69 Å². The Morgan fingerprint density at radius 3 is 1.76 bits per heavy atom. The molecule has 1 heterocycles. The molecule has 7 aromatic carbocycles. The molecule has 2 heteroatoms. The Morgan fingerprint density at radius 1 is 0.405 bits per heavy atom. The highest BCUT2D eigenvalue weighted by atomic mass is 16.3. The van der Waals surface area contributed by atoms with Gasteiger partial charge in [-0.1, -0.05) is 127 Å². The van der Waals surface area contributed by atoms with Crippen LogP contribution in [0.5, 0.6) is 0 Å². The average molecular weight is 538 g/mol. The summed E-state index contributed by atoms with van der Waals surface area (Å²) in [6.45, 7) is 0. The fourth-order valence-corrected chi connectivity index (χ4v) is 6.13. The van der Waals surface area contributed by atoms with Gasteiger partial charge >= 0.3 is 0 Å². The molecule has 0 spiro atoms. The van der Waals surface area contributed by atoms with Crippen LogP contribution in [0.25, 0.3) is 55.0 Å². The minimum atomic E-state index is 0.881. The Labute approximate surface area is 244 Å². The third kappa shape index (κ3) is 4.05. The number of anilines is 3. The zero-order valence-corrected chi connectivity index (χ0v) is 22.9. The van der Waals surface area contributed by atoms with Crippen molar-refractivity contribution >= 4 is 49.8 Å². The third-order valence-corrected chi connectivity index (χ3v) is 8.07. The van der Waals surface area contributed by atoms with Crippen molar-refractivity contribution in [1.29, 1.82) is 0 Å². The number of hydrogen-bond donors (Lipinski definition) is 0. The summed E-state index contributed by atoms with van der Waals surface area (Å²) in [5, 5.41) is 4.70. The maximum Gasteiger partial charge on any atom is 0.159 e. The second-order valence-electron chi connectivity index (χ2n) is 10.5. The van der Waals surface area contributed by atoms with E-state index in [-0.39, 0.29) is 0 Å². The summed E-state index contributed by atoms with van der Waals surface area (Å²) in [7, 11) is 0. The van der Waals surface area contributed by atoms with E-state index in [9.17, 15) is 0 Å². The largest absolute Gasteiger partial charge is 0.454 e. The number of benzene rings is 7. The molecule has 198 valence electrons. The molecule has 8 aromatic rings. The van der Waals surface area contributed by atoms with E-state index in [1.165, 1.54) is 33.0 Å². The predicted octanol–water partition coefficient (Wildman–Crippen LogP) is 11.5. The normalized spacial score (nSPS) is 11.3. The van der Waals surface area contributed by atoms with Crippen molar-refractivity contribution in [3.05, 3.63) is 164 Å². The fourth-order valence-electron chi connectivity index (χ4n) is 6.13. The van der Waals surface area contributed by atoms with Crippen molar-refractivity contribution < 1.29 is 4.42 Å². The number of furan rings is 1. The average Bonchev–Trinajstić information content (AvgIpc) is 3.46. The molecule has 0 aliphatic carbocycles. The van der Waals surface area contributed by atoms with E-state index < -0.39 is 0 Å². The molecule has 42 heavy (non-hydrogen) atoms. The molecule has 8 rings (SSSR count). The molecule has 0 saturated heterocycles. The standard InChI is InChI=1S/C40H27NO/c1-3-12-28(13-4-1)33-17-9-10-18-34(33)30-22-25-32(26-23-30)41(31-15-5-2-6-16-31)37-21-11-20-36-39-35-19-8-7-14-29(35)24-27-38(39)42-40(36)37/h1-27H. The molecule has 0 atom stereocenters. The molecule has 1 aromatic heterocycles. The smallest absolute Gasteiger partial charge is 0.159 e. The van der Waals surface area contributed by atoms with Crippen LogP contribution in [0.2, 0.25) is 0 Å². The van der Waals surface area contributed by atoms with Crippen molar-refractivity contribution in [1.82, 2.24) is 0 Å². The number of hydrogen-bond acceptors (Lipinski definition) is 2. The first-order valence-corrected chi connectivity index (χ1v) is 14.3. The van der Waals surface area contributed by atoms with Crippen LogP contribution in [0, 0.1) is 0 Å². The summed E-state index contributed by atoms with van der Waals surface area (Å²) in [4.78, 5) is 2.29. The van der Waals surface area contributed by atoms with Crippen molar-refractivity contribution in [3.63, 3.8) is 0 Å². The molecule has 0 N–H and O–H groups in total. The Morgan fingerprint density at radius 2 is 1.00 bits per heavy atom. The lowest BCUT2D eigenvalue weighted by atomic mass is 9.94. The van der Waals surface area contributed by atoms with Crippen LogP contribution >= 0.6 is 0 Å². The van der Waals surface area contributed by atoms with Crippen LogP contribution in [-0.2, 0) is 0 Å². The van der Waals surface area contributed by atoms with Crippen molar-refractivity contribution in [2.45, 2.75) is 0 Å². The predicted molar refractivity (Wildman–Crippen MR) is 177 cm³/mol. The fraction of sp³-hybridized carbons (Fsp3) is 0. The summed E-state index contributed by atoms with van der Waals surface area (Å²) >= 11 is 0. The van der Waals surface area contributed by atoms with Gasteiger partial charge in [0.2, 0.25) is 0 Å². The van der Waals surface area contributed by atoms with Crippen molar-refractivity contribution in [3.8, 4) is 22.3 Å². The first-order chi connectivity index (χ1) is 20.8. The van der Waals surface area contributed by atoms with Crippen LogP contribution in [-0.4, -0.2) is 0 Å². The minimum Gasteiger partial charge on any atom is -0.454 e. The highest BCUT2D eigenvalue weighted by Crippen LogP contribution is 2.44. The second kappa shape index (κ2) is 10.1. The molecule has 0 unspecified atom stereocenters. The lowest BCUT2D eigenvalue weighted by molar-refractivity contribution is 0.669. The van der Waals surface area contributed by atoms with Crippen LogP contribution in [0.15, 0.2) is 168 Å². The van der Waals surface area contributed by atoms with Crippen LogP contribution in [0.3, 0.4) is 0 Å². The zero-order valence-electron chi connectivity index (χ0n) is 22.9. The zero-order chi connectivity index (χ0) is 27.9. The second-order valence-corrected chi connectivity index (χ2v) is 10.5. The summed E-state index contributed by atoms with van der Waals surface area (Å²) in [6, 6.07) is 57.8. The number of nitrogens with zero attached hydrogens (tertiary/aromatic N) is 1. The molecule has 0 fully saturated rings. The van der Waals surface area contributed by atoms with E-state index in [1.54, 1.807) is 0 Å². The summed E-state index contributed by atoms with van der Waals surface area (Å²) in [5.74, 6) is 0.